The van der Waals surface area contributed by atoms with Gasteiger partial charge in [0.1, 0.15) is 5.75 Å². The fourth-order valence-electron chi connectivity index (χ4n) is 3.81. The lowest BCUT2D eigenvalue weighted by molar-refractivity contribution is -0.122. The maximum absolute atomic E-state index is 12.9. The van der Waals surface area contributed by atoms with E-state index in [0.717, 1.165) is 55.3 Å². The Hall–Kier alpha value is -2.30. The molecule has 126 valence electrons. The maximum atomic E-state index is 12.9. The predicted molar refractivity (Wildman–Crippen MR) is 93.1 cm³/mol. The zero-order chi connectivity index (χ0) is 16.5. The molecule has 24 heavy (non-hydrogen) atoms. The number of ether oxygens (including phenoxy) is 1. The molecule has 0 spiro atoms. The Kier molecular flexibility index (Phi) is 4.00. The van der Waals surface area contributed by atoms with Crippen LogP contribution in [0.5, 0.6) is 5.75 Å². The van der Waals surface area contributed by atoms with E-state index in [-0.39, 0.29) is 11.8 Å². The van der Waals surface area contributed by atoms with Gasteiger partial charge >= 0.3 is 0 Å². The Morgan fingerprint density at radius 1 is 1.21 bits per heavy atom. The summed E-state index contributed by atoms with van der Waals surface area (Å²) in [5.74, 6) is 2.07. The van der Waals surface area contributed by atoms with Crippen molar-refractivity contribution in [2.75, 3.05) is 18.6 Å². The second kappa shape index (κ2) is 6.30. The molecule has 0 bridgehead atoms. The van der Waals surface area contributed by atoms with E-state index in [0.29, 0.717) is 0 Å². The monoisotopic (exact) mass is 325 g/mol. The van der Waals surface area contributed by atoms with E-state index in [9.17, 15) is 4.79 Å². The first-order valence-corrected chi connectivity index (χ1v) is 8.79. The quantitative estimate of drug-likeness (QED) is 0.868. The Bertz CT molecular complexity index is 747. The molecule has 1 aliphatic heterocycles. The molecule has 2 aromatic rings. The number of nitrogens with zero attached hydrogens (tertiary/aromatic N) is 3. The summed E-state index contributed by atoms with van der Waals surface area (Å²) in [6.45, 7) is 1.70. The van der Waals surface area contributed by atoms with Crippen molar-refractivity contribution >= 4 is 11.9 Å². The van der Waals surface area contributed by atoms with Gasteiger partial charge in [-0.2, -0.15) is 0 Å². The molecular formula is C19H23N3O2. The molecule has 5 heteroatoms. The molecule has 2 aliphatic rings. The number of amides is 1. The summed E-state index contributed by atoms with van der Waals surface area (Å²) in [6.07, 6.45) is 7.44. The van der Waals surface area contributed by atoms with Gasteiger partial charge < -0.3 is 9.30 Å². The first kappa shape index (κ1) is 15.2. The summed E-state index contributed by atoms with van der Waals surface area (Å²) in [6, 6.07) is 7.90. The van der Waals surface area contributed by atoms with Gasteiger partial charge in [-0.1, -0.05) is 25.0 Å². The van der Waals surface area contributed by atoms with E-state index in [4.69, 9.17) is 9.72 Å². The molecule has 1 aromatic carbocycles. The van der Waals surface area contributed by atoms with Crippen LogP contribution in [0, 0.1) is 5.92 Å². The van der Waals surface area contributed by atoms with Crippen LogP contribution in [0.4, 0.5) is 5.95 Å². The van der Waals surface area contributed by atoms with Crippen LogP contribution < -0.4 is 9.64 Å². The van der Waals surface area contributed by atoms with Crippen molar-refractivity contribution in [3.8, 4) is 17.0 Å². The average molecular weight is 325 g/mol. The molecule has 4 rings (SSSR count). The standard InChI is InChI=1S/C19H23N3O2/c1-24-16-9-4-8-15(12-16)17-13-21-10-5-11-22(19(21)20-17)18(23)14-6-2-3-7-14/h4,8-9,12-14H,2-3,5-7,10-11H2,1H3. The zero-order valence-corrected chi connectivity index (χ0v) is 14.1. The number of aryl methyl sites for hydroxylation is 1. The number of rotatable bonds is 3. The minimum atomic E-state index is 0.188. The third-order valence-corrected chi connectivity index (χ3v) is 5.11. The Balaban J connectivity index is 1.66. The lowest BCUT2D eigenvalue weighted by Gasteiger charge is -2.29. The summed E-state index contributed by atoms with van der Waals surface area (Å²) < 4.78 is 7.42. The molecule has 0 N–H and O–H groups in total. The van der Waals surface area contributed by atoms with E-state index in [1.165, 1.54) is 12.8 Å². The summed E-state index contributed by atoms with van der Waals surface area (Å²) in [5.41, 5.74) is 1.92. The number of benzene rings is 1. The fourth-order valence-corrected chi connectivity index (χ4v) is 3.81. The number of hydrogen-bond donors (Lipinski definition) is 0. The third-order valence-electron chi connectivity index (χ3n) is 5.11. The smallest absolute Gasteiger partial charge is 0.232 e. The minimum absolute atomic E-state index is 0.188. The van der Waals surface area contributed by atoms with E-state index < -0.39 is 0 Å². The number of carbonyl (C=O) groups excluding carboxylic acids is 1. The molecule has 1 amide bonds. The van der Waals surface area contributed by atoms with Gasteiger partial charge in [-0.3, -0.25) is 9.69 Å². The van der Waals surface area contributed by atoms with Gasteiger partial charge in [0.25, 0.3) is 0 Å². The van der Waals surface area contributed by atoms with E-state index >= 15 is 0 Å². The predicted octanol–water partition coefficient (Wildman–Crippen LogP) is 3.49. The molecule has 1 aliphatic carbocycles. The highest BCUT2D eigenvalue weighted by atomic mass is 16.5. The van der Waals surface area contributed by atoms with Crippen molar-refractivity contribution < 1.29 is 9.53 Å². The van der Waals surface area contributed by atoms with Gasteiger partial charge in [0.05, 0.1) is 12.8 Å². The van der Waals surface area contributed by atoms with Crippen LogP contribution in [-0.2, 0) is 11.3 Å². The number of fused-ring (bicyclic) bond motifs is 1. The third kappa shape index (κ3) is 2.68. The Morgan fingerprint density at radius 2 is 2.04 bits per heavy atom. The van der Waals surface area contributed by atoms with Crippen LogP contribution >= 0.6 is 0 Å². The summed E-state index contributed by atoms with van der Waals surface area (Å²) >= 11 is 0. The van der Waals surface area contributed by atoms with Crippen molar-refractivity contribution in [2.24, 2.45) is 5.92 Å². The van der Waals surface area contributed by atoms with Gasteiger partial charge in [0.15, 0.2) is 0 Å². The molecule has 0 radical (unpaired) electrons. The molecule has 1 fully saturated rings. The number of imidazole rings is 1. The Morgan fingerprint density at radius 3 is 2.83 bits per heavy atom. The first-order chi connectivity index (χ1) is 11.8. The first-order valence-electron chi connectivity index (χ1n) is 8.79. The maximum Gasteiger partial charge on any atom is 0.232 e. The number of aromatic nitrogens is 2. The van der Waals surface area contributed by atoms with Gasteiger partial charge in [0, 0.05) is 30.8 Å². The highest BCUT2D eigenvalue weighted by Crippen LogP contribution is 2.32. The Labute approximate surface area is 142 Å². The molecule has 5 nitrogen and oxygen atoms in total. The lowest BCUT2D eigenvalue weighted by atomic mass is 10.1. The van der Waals surface area contributed by atoms with Gasteiger partial charge in [-0.25, -0.2) is 4.98 Å². The molecule has 1 saturated carbocycles. The second-order valence-corrected chi connectivity index (χ2v) is 6.68. The largest absolute Gasteiger partial charge is 0.497 e. The van der Waals surface area contributed by atoms with Crippen molar-refractivity contribution in [3.05, 3.63) is 30.5 Å². The van der Waals surface area contributed by atoms with E-state index in [2.05, 4.69) is 10.8 Å². The second-order valence-electron chi connectivity index (χ2n) is 6.68. The molecule has 0 atom stereocenters. The van der Waals surface area contributed by atoms with Crippen molar-refractivity contribution in [1.82, 2.24) is 9.55 Å². The zero-order valence-electron chi connectivity index (χ0n) is 14.1. The summed E-state index contributed by atoms with van der Waals surface area (Å²) in [5, 5.41) is 0. The topological polar surface area (TPSA) is 47.4 Å². The molecule has 2 heterocycles. The van der Waals surface area contributed by atoms with Crippen LogP contribution in [0.2, 0.25) is 0 Å². The molecular weight excluding hydrogens is 302 g/mol. The fraction of sp³-hybridized carbons (Fsp3) is 0.474. The van der Waals surface area contributed by atoms with Crippen LogP contribution in [0.1, 0.15) is 32.1 Å². The molecule has 0 saturated heterocycles. The van der Waals surface area contributed by atoms with Gasteiger partial charge in [-0.05, 0) is 31.4 Å². The molecule has 0 unspecified atom stereocenters. The van der Waals surface area contributed by atoms with Crippen molar-refractivity contribution in [3.63, 3.8) is 0 Å². The van der Waals surface area contributed by atoms with Crippen LogP contribution in [0.3, 0.4) is 0 Å². The lowest BCUT2D eigenvalue weighted by Crippen LogP contribution is -2.40. The van der Waals surface area contributed by atoms with Crippen LogP contribution in [-0.4, -0.2) is 29.1 Å². The number of anilines is 1. The van der Waals surface area contributed by atoms with E-state index in [1.807, 2.05) is 29.2 Å². The average Bonchev–Trinajstić information content (AvgIpc) is 3.30. The van der Waals surface area contributed by atoms with Gasteiger partial charge in [0.2, 0.25) is 11.9 Å². The van der Waals surface area contributed by atoms with Gasteiger partial charge in [-0.15, -0.1) is 0 Å². The highest BCUT2D eigenvalue weighted by Gasteiger charge is 2.32. The molecule has 1 aromatic heterocycles. The van der Waals surface area contributed by atoms with E-state index in [1.54, 1.807) is 7.11 Å². The van der Waals surface area contributed by atoms with Crippen LogP contribution in [0.15, 0.2) is 30.5 Å². The van der Waals surface area contributed by atoms with Crippen molar-refractivity contribution in [2.45, 2.75) is 38.6 Å². The van der Waals surface area contributed by atoms with Crippen molar-refractivity contribution in [1.29, 1.82) is 0 Å². The van der Waals surface area contributed by atoms with Crippen LogP contribution in [0.25, 0.3) is 11.3 Å². The number of hydrogen-bond acceptors (Lipinski definition) is 3. The number of carbonyl (C=O) groups is 1. The minimum Gasteiger partial charge on any atom is -0.497 e. The highest BCUT2D eigenvalue weighted by molar-refractivity contribution is 5.94. The number of methoxy groups -OCH3 is 1. The SMILES string of the molecule is COc1cccc(-c2cn3c(n2)N(C(=O)C2CCCC2)CCC3)c1. The summed E-state index contributed by atoms with van der Waals surface area (Å²) in [7, 11) is 1.67. The summed E-state index contributed by atoms with van der Waals surface area (Å²) in [4.78, 5) is 19.6. The normalized spacial score (nSPS) is 17.8.